The number of hydrogen-bond donors (Lipinski definition) is 1. The van der Waals surface area contributed by atoms with Crippen molar-refractivity contribution in [2.24, 2.45) is 0 Å². The van der Waals surface area contributed by atoms with Gasteiger partial charge in [-0.3, -0.25) is 4.79 Å². The molecule has 0 saturated carbocycles. The van der Waals surface area contributed by atoms with Gasteiger partial charge in [0.25, 0.3) is 0 Å². The second kappa shape index (κ2) is 8.32. The predicted molar refractivity (Wildman–Crippen MR) is 123 cm³/mol. The maximum Gasteiger partial charge on any atom is 0.234 e. The maximum atomic E-state index is 12.5. The van der Waals surface area contributed by atoms with Gasteiger partial charge in [0, 0.05) is 23.6 Å². The lowest BCUT2D eigenvalue weighted by Crippen LogP contribution is -2.15. The number of rotatable bonds is 5. The van der Waals surface area contributed by atoms with E-state index in [0.29, 0.717) is 0 Å². The minimum absolute atomic E-state index is 0.0496. The van der Waals surface area contributed by atoms with Gasteiger partial charge in [-0.15, -0.1) is 0 Å². The van der Waals surface area contributed by atoms with Gasteiger partial charge >= 0.3 is 0 Å². The molecule has 30 heavy (non-hydrogen) atoms. The Balaban J connectivity index is 1.53. The Kier molecular flexibility index (Phi) is 5.59. The normalized spacial score (nSPS) is 11.1. The number of amides is 1. The van der Waals surface area contributed by atoms with E-state index in [1.165, 1.54) is 22.9 Å². The number of benzene rings is 2. The number of thioether (sulfide) groups is 1. The highest BCUT2D eigenvalue weighted by Crippen LogP contribution is 2.27. The minimum Gasteiger partial charge on any atom is -0.325 e. The first-order valence-corrected chi connectivity index (χ1v) is 10.8. The SMILES string of the molecule is Cc1ccc(C)c(NC(=O)CSc2nccn3nc(-c4ccc(C)c(C)c4)cc23)c1. The molecule has 5 nitrogen and oxygen atoms in total. The summed E-state index contributed by atoms with van der Waals surface area (Å²) in [7, 11) is 0. The van der Waals surface area contributed by atoms with E-state index < -0.39 is 0 Å². The van der Waals surface area contributed by atoms with Gasteiger partial charge in [-0.2, -0.15) is 5.10 Å². The molecule has 4 rings (SSSR count). The molecule has 4 aromatic rings. The lowest BCUT2D eigenvalue weighted by atomic mass is 10.0. The number of fused-ring (bicyclic) bond motifs is 1. The molecule has 1 N–H and O–H groups in total. The summed E-state index contributed by atoms with van der Waals surface area (Å²) in [4.78, 5) is 17.0. The monoisotopic (exact) mass is 416 g/mol. The van der Waals surface area contributed by atoms with E-state index in [9.17, 15) is 4.79 Å². The van der Waals surface area contributed by atoms with Crippen LogP contribution in [0.5, 0.6) is 0 Å². The molecule has 0 aliphatic carbocycles. The lowest BCUT2D eigenvalue weighted by molar-refractivity contribution is -0.113. The summed E-state index contributed by atoms with van der Waals surface area (Å²) in [5.74, 6) is 0.232. The summed E-state index contributed by atoms with van der Waals surface area (Å²) in [5, 5.41) is 8.48. The molecular weight excluding hydrogens is 392 g/mol. The van der Waals surface area contributed by atoms with Crippen LogP contribution in [0.15, 0.2) is 59.9 Å². The van der Waals surface area contributed by atoms with E-state index in [-0.39, 0.29) is 11.7 Å². The molecule has 0 radical (unpaired) electrons. The quantitative estimate of drug-likeness (QED) is 0.445. The summed E-state index contributed by atoms with van der Waals surface area (Å²) < 4.78 is 1.82. The van der Waals surface area contributed by atoms with E-state index in [0.717, 1.165) is 38.6 Å². The van der Waals surface area contributed by atoms with Gasteiger partial charge in [-0.05, 0) is 68.1 Å². The summed E-state index contributed by atoms with van der Waals surface area (Å²) in [6, 6.07) is 14.4. The number of aromatic nitrogens is 3. The van der Waals surface area contributed by atoms with E-state index in [1.54, 1.807) is 6.20 Å². The zero-order valence-electron chi connectivity index (χ0n) is 17.6. The smallest absolute Gasteiger partial charge is 0.234 e. The van der Waals surface area contributed by atoms with Crippen molar-refractivity contribution < 1.29 is 4.79 Å². The molecule has 0 unspecified atom stereocenters. The molecule has 0 aliphatic heterocycles. The fraction of sp³-hybridized carbons (Fsp3) is 0.208. The maximum absolute atomic E-state index is 12.5. The fourth-order valence-corrected chi connectivity index (χ4v) is 4.02. The number of hydrogen-bond acceptors (Lipinski definition) is 4. The van der Waals surface area contributed by atoms with Crippen LogP contribution in [0.2, 0.25) is 0 Å². The second-order valence-electron chi connectivity index (χ2n) is 7.55. The molecule has 2 aromatic carbocycles. The first kappa shape index (κ1) is 20.2. The Hall–Kier alpha value is -3.12. The molecule has 152 valence electrons. The number of carbonyl (C=O) groups excluding carboxylic acids is 1. The van der Waals surface area contributed by atoms with Gasteiger partial charge in [0.15, 0.2) is 0 Å². The van der Waals surface area contributed by atoms with E-state index in [4.69, 9.17) is 5.10 Å². The molecule has 1 amide bonds. The highest BCUT2D eigenvalue weighted by molar-refractivity contribution is 8.00. The van der Waals surface area contributed by atoms with Crippen LogP contribution >= 0.6 is 11.8 Å². The predicted octanol–water partition coefficient (Wildman–Crippen LogP) is 5.36. The topological polar surface area (TPSA) is 59.3 Å². The molecule has 2 heterocycles. The van der Waals surface area contributed by atoms with Crippen LogP contribution in [-0.2, 0) is 4.79 Å². The van der Waals surface area contributed by atoms with Crippen molar-refractivity contribution in [3.05, 3.63) is 77.1 Å². The minimum atomic E-state index is -0.0496. The number of anilines is 1. The average molecular weight is 417 g/mol. The third-order valence-electron chi connectivity index (χ3n) is 5.16. The molecular formula is C24H24N4OS. The van der Waals surface area contributed by atoms with Crippen molar-refractivity contribution in [1.29, 1.82) is 0 Å². The first-order chi connectivity index (χ1) is 14.4. The molecule has 2 aromatic heterocycles. The molecule has 0 bridgehead atoms. The summed E-state index contributed by atoms with van der Waals surface area (Å²) in [6.07, 6.45) is 3.55. The van der Waals surface area contributed by atoms with E-state index in [2.05, 4.69) is 42.3 Å². The highest BCUT2D eigenvalue weighted by Gasteiger charge is 2.12. The van der Waals surface area contributed by atoms with Gasteiger partial charge in [-0.1, -0.05) is 36.0 Å². The summed E-state index contributed by atoms with van der Waals surface area (Å²) >= 11 is 1.42. The van der Waals surface area contributed by atoms with Gasteiger partial charge in [-0.25, -0.2) is 9.50 Å². The average Bonchev–Trinajstić information content (AvgIpc) is 3.16. The Morgan fingerprint density at radius 1 is 1.00 bits per heavy atom. The molecule has 0 saturated heterocycles. The highest BCUT2D eigenvalue weighted by atomic mass is 32.2. The van der Waals surface area contributed by atoms with Crippen LogP contribution in [0.4, 0.5) is 5.69 Å². The van der Waals surface area contributed by atoms with Gasteiger partial charge in [0.1, 0.15) is 5.03 Å². The first-order valence-electron chi connectivity index (χ1n) is 9.82. The molecule has 0 spiro atoms. The zero-order valence-corrected chi connectivity index (χ0v) is 18.4. The van der Waals surface area contributed by atoms with Crippen LogP contribution in [0.3, 0.4) is 0 Å². The van der Waals surface area contributed by atoms with Crippen molar-refractivity contribution in [2.75, 3.05) is 11.1 Å². The lowest BCUT2D eigenvalue weighted by Gasteiger charge is -2.09. The van der Waals surface area contributed by atoms with Gasteiger partial charge < -0.3 is 5.32 Å². The van der Waals surface area contributed by atoms with Crippen LogP contribution < -0.4 is 5.32 Å². The van der Waals surface area contributed by atoms with Crippen molar-refractivity contribution in [3.8, 4) is 11.3 Å². The van der Waals surface area contributed by atoms with Crippen molar-refractivity contribution in [1.82, 2.24) is 14.6 Å². The summed E-state index contributed by atoms with van der Waals surface area (Å²) in [6.45, 7) is 8.21. The number of aryl methyl sites for hydroxylation is 4. The number of carbonyl (C=O) groups is 1. The zero-order chi connectivity index (χ0) is 21.3. The standard InChI is InChI=1S/C24H24N4OS/c1-15-5-6-17(3)20(11-15)26-23(29)14-30-24-22-13-21(27-28(22)10-9-25-24)19-8-7-16(2)18(4)12-19/h5-13H,14H2,1-4H3,(H,26,29). The fourth-order valence-electron chi connectivity index (χ4n) is 3.24. The molecule has 6 heteroatoms. The Labute approximate surface area is 180 Å². The Morgan fingerprint density at radius 3 is 2.60 bits per heavy atom. The molecule has 0 fully saturated rings. The third kappa shape index (κ3) is 4.24. The Morgan fingerprint density at radius 2 is 1.80 bits per heavy atom. The second-order valence-corrected chi connectivity index (χ2v) is 8.51. The van der Waals surface area contributed by atoms with Crippen LogP contribution in [0.1, 0.15) is 22.3 Å². The molecule has 0 aliphatic rings. The Bertz CT molecular complexity index is 1250. The number of nitrogens with zero attached hydrogens (tertiary/aromatic N) is 3. The third-order valence-corrected chi connectivity index (χ3v) is 6.16. The van der Waals surface area contributed by atoms with E-state index in [1.807, 2.05) is 48.8 Å². The largest absolute Gasteiger partial charge is 0.325 e. The number of nitrogens with one attached hydrogen (secondary N) is 1. The van der Waals surface area contributed by atoms with E-state index >= 15 is 0 Å². The summed E-state index contributed by atoms with van der Waals surface area (Å²) in [5.41, 5.74) is 8.39. The van der Waals surface area contributed by atoms with Crippen molar-refractivity contribution in [2.45, 2.75) is 32.7 Å². The molecule has 0 atom stereocenters. The van der Waals surface area contributed by atoms with Crippen LogP contribution in [-0.4, -0.2) is 26.3 Å². The van der Waals surface area contributed by atoms with Crippen molar-refractivity contribution >= 4 is 28.9 Å². The van der Waals surface area contributed by atoms with Crippen LogP contribution in [0.25, 0.3) is 16.8 Å². The van der Waals surface area contributed by atoms with Crippen LogP contribution in [0, 0.1) is 27.7 Å². The van der Waals surface area contributed by atoms with Gasteiger partial charge in [0.2, 0.25) is 5.91 Å². The van der Waals surface area contributed by atoms with Gasteiger partial charge in [0.05, 0.1) is 17.0 Å². The van der Waals surface area contributed by atoms with Crippen molar-refractivity contribution in [3.63, 3.8) is 0 Å².